The Morgan fingerprint density at radius 1 is 1.80 bits per heavy atom. The van der Waals surface area contributed by atoms with Crippen molar-refractivity contribution in [3.05, 3.63) is 15.9 Å². The van der Waals surface area contributed by atoms with Gasteiger partial charge in [0.05, 0.1) is 5.00 Å². The average molecular weight is 293 g/mol. The van der Waals surface area contributed by atoms with Crippen LogP contribution < -0.4 is 10.6 Å². The molecule has 1 rings (SSSR count). The lowest BCUT2D eigenvalue weighted by atomic mass is 10.2. The molecule has 4 nitrogen and oxygen atoms in total. The number of carbonyl (C=O) groups is 1. The number of anilines is 1. The molecular weight excluding hydrogens is 280 g/mol. The second-order valence-corrected chi connectivity index (χ2v) is 5.06. The molecule has 1 atom stereocenters. The van der Waals surface area contributed by atoms with Gasteiger partial charge in [-0.2, -0.15) is 0 Å². The quantitative estimate of drug-likeness (QED) is 0.868. The van der Waals surface area contributed by atoms with E-state index in [9.17, 15) is 4.79 Å². The fraction of sp³-hybridized carbons (Fsp3) is 0.444. The minimum atomic E-state index is -0.948. The van der Waals surface area contributed by atoms with Crippen LogP contribution in [0.25, 0.3) is 0 Å². The van der Waals surface area contributed by atoms with Crippen LogP contribution in [-0.4, -0.2) is 30.7 Å². The van der Waals surface area contributed by atoms with Crippen LogP contribution in [0.2, 0.25) is 0 Å². The lowest BCUT2D eigenvalue weighted by Gasteiger charge is -2.17. The van der Waals surface area contributed by atoms with Gasteiger partial charge in [-0.1, -0.05) is 0 Å². The number of hydrogen-bond acceptors (Lipinski definition) is 4. The molecule has 0 aliphatic carbocycles. The Labute approximate surface area is 101 Å². The van der Waals surface area contributed by atoms with E-state index in [1.54, 1.807) is 11.3 Å². The highest BCUT2D eigenvalue weighted by atomic mass is 79.9. The molecular formula is C9H13BrN2O2S. The highest BCUT2D eigenvalue weighted by Crippen LogP contribution is 2.27. The lowest BCUT2D eigenvalue weighted by Crippen LogP contribution is -2.34. The van der Waals surface area contributed by atoms with Crippen LogP contribution in [0.3, 0.4) is 0 Å². The topological polar surface area (TPSA) is 66.6 Å². The van der Waals surface area contributed by atoms with Gasteiger partial charge in [-0.3, -0.25) is 4.79 Å². The van der Waals surface area contributed by atoms with Gasteiger partial charge in [0.2, 0.25) is 0 Å². The number of thiophene rings is 1. The van der Waals surface area contributed by atoms with E-state index in [2.05, 4.69) is 15.9 Å². The molecule has 0 radical (unpaired) electrons. The highest BCUT2D eigenvalue weighted by molar-refractivity contribution is 9.10. The summed E-state index contributed by atoms with van der Waals surface area (Å²) >= 11 is 4.98. The summed E-state index contributed by atoms with van der Waals surface area (Å²) in [6.45, 7) is 0.639. The maximum Gasteiger partial charge on any atom is 0.320 e. The Balaban J connectivity index is 2.43. The van der Waals surface area contributed by atoms with Crippen molar-refractivity contribution in [3.63, 3.8) is 0 Å². The standard InChI is InChI=1S/C9H13BrN2O2S/c1-12(3-2-7(11)9(13)14)8-4-6(10)5-15-8/h4-5,7H,2-3,11H2,1H3,(H,13,14). The Bertz CT molecular complexity index is 343. The zero-order valence-corrected chi connectivity index (χ0v) is 10.7. The van der Waals surface area contributed by atoms with Gasteiger partial charge in [0.1, 0.15) is 6.04 Å². The fourth-order valence-electron chi connectivity index (χ4n) is 1.07. The van der Waals surface area contributed by atoms with Gasteiger partial charge in [-0.25, -0.2) is 0 Å². The van der Waals surface area contributed by atoms with Gasteiger partial charge in [-0.05, 0) is 28.4 Å². The SMILES string of the molecule is CN(CCC(N)C(=O)O)c1cc(Br)cs1. The minimum Gasteiger partial charge on any atom is -0.480 e. The van der Waals surface area contributed by atoms with Crippen LogP contribution in [0, 0.1) is 0 Å². The molecule has 0 spiro atoms. The van der Waals surface area contributed by atoms with E-state index in [4.69, 9.17) is 10.8 Å². The highest BCUT2D eigenvalue weighted by Gasteiger charge is 2.12. The molecule has 0 bridgehead atoms. The third kappa shape index (κ3) is 3.81. The van der Waals surface area contributed by atoms with E-state index < -0.39 is 12.0 Å². The zero-order valence-electron chi connectivity index (χ0n) is 8.31. The lowest BCUT2D eigenvalue weighted by molar-refractivity contribution is -0.138. The van der Waals surface area contributed by atoms with Crippen molar-refractivity contribution >= 4 is 38.2 Å². The van der Waals surface area contributed by atoms with Gasteiger partial charge in [0.25, 0.3) is 0 Å². The summed E-state index contributed by atoms with van der Waals surface area (Å²) in [5.41, 5.74) is 5.42. The third-order valence-corrected chi connectivity index (χ3v) is 3.83. The molecule has 3 N–H and O–H groups in total. The number of rotatable bonds is 5. The summed E-state index contributed by atoms with van der Waals surface area (Å²) in [6, 6.07) is 1.22. The van der Waals surface area contributed by atoms with Gasteiger partial charge >= 0.3 is 5.97 Å². The monoisotopic (exact) mass is 292 g/mol. The largest absolute Gasteiger partial charge is 0.480 e. The van der Waals surface area contributed by atoms with E-state index in [0.29, 0.717) is 13.0 Å². The van der Waals surface area contributed by atoms with Crippen LogP contribution in [0.1, 0.15) is 6.42 Å². The van der Waals surface area contributed by atoms with Crippen LogP contribution in [0.4, 0.5) is 5.00 Å². The summed E-state index contributed by atoms with van der Waals surface area (Å²) in [4.78, 5) is 12.5. The van der Waals surface area contributed by atoms with Gasteiger partial charge < -0.3 is 15.7 Å². The zero-order chi connectivity index (χ0) is 11.4. The Morgan fingerprint density at radius 2 is 2.47 bits per heavy atom. The molecule has 15 heavy (non-hydrogen) atoms. The van der Waals surface area contributed by atoms with Crippen molar-refractivity contribution in [2.45, 2.75) is 12.5 Å². The summed E-state index contributed by atoms with van der Waals surface area (Å²) < 4.78 is 1.04. The van der Waals surface area contributed by atoms with Crippen LogP contribution in [-0.2, 0) is 4.79 Å². The van der Waals surface area contributed by atoms with Crippen molar-refractivity contribution < 1.29 is 9.90 Å². The molecule has 1 aromatic rings. The number of carboxylic acid groups (broad SMARTS) is 1. The number of nitrogens with two attached hydrogens (primary N) is 1. The summed E-state index contributed by atoms with van der Waals surface area (Å²) in [7, 11) is 1.92. The molecule has 84 valence electrons. The number of halogens is 1. The van der Waals surface area contributed by atoms with E-state index in [1.807, 2.05) is 23.4 Å². The predicted molar refractivity (Wildman–Crippen MR) is 65.5 cm³/mol. The molecule has 0 amide bonds. The molecule has 0 saturated carbocycles. The van der Waals surface area contributed by atoms with Crippen LogP contribution in [0.5, 0.6) is 0 Å². The van der Waals surface area contributed by atoms with E-state index in [0.717, 1.165) is 9.47 Å². The van der Waals surface area contributed by atoms with Gasteiger partial charge in [-0.15, -0.1) is 11.3 Å². The number of nitrogens with zero attached hydrogens (tertiary/aromatic N) is 1. The van der Waals surface area contributed by atoms with Gasteiger partial charge in [0, 0.05) is 23.4 Å². The number of hydrogen-bond donors (Lipinski definition) is 2. The Hall–Kier alpha value is -0.590. The second-order valence-electron chi connectivity index (χ2n) is 3.26. The Kier molecular flexibility index (Phi) is 4.56. The van der Waals surface area contributed by atoms with Crippen molar-refractivity contribution in [3.8, 4) is 0 Å². The number of aliphatic carboxylic acids is 1. The first-order valence-corrected chi connectivity index (χ1v) is 6.11. The van der Waals surface area contributed by atoms with E-state index >= 15 is 0 Å². The average Bonchev–Trinajstić information content (AvgIpc) is 2.60. The molecule has 1 heterocycles. The normalized spacial score (nSPS) is 12.5. The summed E-state index contributed by atoms with van der Waals surface area (Å²) in [5.74, 6) is -0.948. The Morgan fingerprint density at radius 3 is 2.93 bits per heavy atom. The minimum absolute atomic E-state index is 0.446. The second kappa shape index (κ2) is 5.48. The fourth-order valence-corrected chi connectivity index (χ4v) is 2.49. The van der Waals surface area contributed by atoms with Gasteiger partial charge in [0.15, 0.2) is 0 Å². The van der Waals surface area contributed by atoms with E-state index in [1.165, 1.54) is 0 Å². The summed E-state index contributed by atoms with van der Waals surface area (Å²) in [5, 5.41) is 11.7. The maximum absolute atomic E-state index is 10.5. The molecule has 0 saturated heterocycles. The first kappa shape index (κ1) is 12.5. The van der Waals surface area contributed by atoms with E-state index in [-0.39, 0.29) is 0 Å². The molecule has 1 aromatic heterocycles. The molecule has 0 aliphatic heterocycles. The molecule has 0 aliphatic rings. The molecule has 0 aromatic carbocycles. The maximum atomic E-state index is 10.5. The van der Waals surface area contributed by atoms with Crippen LogP contribution in [0.15, 0.2) is 15.9 Å². The van der Waals surface area contributed by atoms with Crippen molar-refractivity contribution in [1.82, 2.24) is 0 Å². The van der Waals surface area contributed by atoms with Crippen molar-refractivity contribution in [2.75, 3.05) is 18.5 Å². The first-order chi connectivity index (χ1) is 7.00. The molecule has 1 unspecified atom stereocenters. The van der Waals surface area contributed by atoms with Crippen LogP contribution >= 0.6 is 27.3 Å². The molecule has 0 fully saturated rings. The predicted octanol–water partition coefficient (Wildman–Crippen LogP) is 1.75. The van der Waals surface area contributed by atoms with Crippen molar-refractivity contribution in [1.29, 1.82) is 0 Å². The van der Waals surface area contributed by atoms with Crippen molar-refractivity contribution in [2.24, 2.45) is 5.73 Å². The molecule has 6 heteroatoms. The first-order valence-electron chi connectivity index (χ1n) is 4.44. The number of carboxylic acids is 1. The summed E-state index contributed by atoms with van der Waals surface area (Å²) in [6.07, 6.45) is 0.446. The third-order valence-electron chi connectivity index (χ3n) is 2.02. The smallest absolute Gasteiger partial charge is 0.320 e.